The number of rotatable bonds is 2. The van der Waals surface area contributed by atoms with Crippen LogP contribution in [-0.4, -0.2) is 4.98 Å². The molecule has 0 bridgehead atoms. The first-order chi connectivity index (χ1) is 19.3. The number of hydrogen-bond acceptors (Lipinski definition) is 2. The van der Waals surface area contributed by atoms with E-state index in [4.69, 9.17) is 4.42 Å². The Bertz CT molecular complexity index is 2100. The van der Waals surface area contributed by atoms with Gasteiger partial charge in [0.05, 0.1) is 5.52 Å². The Hall–Kier alpha value is -4.95. The van der Waals surface area contributed by atoms with Crippen LogP contribution >= 0.6 is 0 Å². The molecule has 5 aromatic carbocycles. The van der Waals surface area contributed by atoms with E-state index in [2.05, 4.69) is 114 Å². The third-order valence-corrected chi connectivity index (χ3v) is 8.64. The van der Waals surface area contributed by atoms with Crippen molar-refractivity contribution in [3.8, 4) is 44.5 Å². The standard InChI is InChI=1S/C37H23NO/c1-2-8-22(9-3-1)30-18-24-10-7-17-38-33(24)20-31(30)23-15-16-28-34(19-23)39-35-21-32-26-12-5-4-11-25(26)27-13-6-14-29(36(27)32)37(28)35/h1-20,32H,21H2. The number of nitrogens with zero attached hydrogens (tertiary/aromatic N) is 1. The Labute approximate surface area is 226 Å². The molecule has 39 heavy (non-hydrogen) atoms. The monoisotopic (exact) mass is 497 g/mol. The van der Waals surface area contributed by atoms with E-state index in [-0.39, 0.29) is 0 Å². The Morgan fingerprint density at radius 1 is 0.615 bits per heavy atom. The molecule has 0 saturated carbocycles. The van der Waals surface area contributed by atoms with Crippen molar-refractivity contribution in [3.05, 3.63) is 138 Å². The lowest BCUT2D eigenvalue weighted by Crippen LogP contribution is -2.08. The topological polar surface area (TPSA) is 26.0 Å². The van der Waals surface area contributed by atoms with Gasteiger partial charge >= 0.3 is 0 Å². The molecular formula is C37H23NO. The highest BCUT2D eigenvalue weighted by Gasteiger charge is 2.37. The van der Waals surface area contributed by atoms with Gasteiger partial charge in [-0.1, -0.05) is 84.9 Å². The van der Waals surface area contributed by atoms with Gasteiger partial charge in [0.2, 0.25) is 0 Å². The Balaban J connectivity index is 1.25. The lowest BCUT2D eigenvalue weighted by Gasteiger charge is -2.22. The third kappa shape index (κ3) is 2.94. The van der Waals surface area contributed by atoms with Gasteiger partial charge in [-0.05, 0) is 80.4 Å². The summed E-state index contributed by atoms with van der Waals surface area (Å²) in [6, 6.07) is 41.6. The van der Waals surface area contributed by atoms with Gasteiger partial charge in [-0.15, -0.1) is 0 Å². The van der Waals surface area contributed by atoms with Gasteiger partial charge in [-0.2, -0.15) is 0 Å². The number of hydrogen-bond donors (Lipinski definition) is 0. The van der Waals surface area contributed by atoms with Crippen molar-refractivity contribution < 1.29 is 4.42 Å². The second kappa shape index (κ2) is 7.78. The maximum atomic E-state index is 6.70. The van der Waals surface area contributed by atoms with Gasteiger partial charge < -0.3 is 4.42 Å². The Morgan fingerprint density at radius 3 is 2.38 bits per heavy atom. The lowest BCUT2D eigenvalue weighted by molar-refractivity contribution is 0.533. The zero-order valence-electron chi connectivity index (χ0n) is 21.2. The average molecular weight is 498 g/mol. The van der Waals surface area contributed by atoms with E-state index in [1.165, 1.54) is 55.5 Å². The first kappa shape index (κ1) is 21.0. The van der Waals surface area contributed by atoms with E-state index in [0.29, 0.717) is 5.92 Å². The zero-order chi connectivity index (χ0) is 25.5. The van der Waals surface area contributed by atoms with Gasteiger partial charge in [-0.25, -0.2) is 0 Å². The van der Waals surface area contributed by atoms with Gasteiger partial charge in [0, 0.05) is 34.9 Å². The first-order valence-electron chi connectivity index (χ1n) is 13.6. The van der Waals surface area contributed by atoms with Crippen LogP contribution in [0.1, 0.15) is 22.8 Å². The van der Waals surface area contributed by atoms with Gasteiger partial charge in [-0.3, -0.25) is 4.98 Å². The predicted octanol–water partition coefficient (Wildman–Crippen LogP) is 9.65. The molecule has 2 aliphatic carbocycles. The molecule has 7 aromatic rings. The minimum Gasteiger partial charge on any atom is -0.460 e. The number of aromatic nitrogens is 1. The molecule has 1 atom stereocenters. The van der Waals surface area contributed by atoms with E-state index >= 15 is 0 Å². The molecule has 0 fully saturated rings. The molecule has 182 valence electrons. The highest BCUT2D eigenvalue weighted by molar-refractivity contribution is 6.03. The number of fused-ring (bicyclic) bond motifs is 8. The Morgan fingerprint density at radius 2 is 1.44 bits per heavy atom. The van der Waals surface area contributed by atoms with Crippen LogP contribution in [0.2, 0.25) is 0 Å². The summed E-state index contributed by atoms with van der Waals surface area (Å²) in [5, 5.41) is 2.33. The molecule has 2 aromatic heterocycles. The molecule has 2 heteroatoms. The highest BCUT2D eigenvalue weighted by atomic mass is 16.3. The average Bonchev–Trinajstić information content (AvgIpc) is 3.53. The van der Waals surface area contributed by atoms with E-state index in [9.17, 15) is 0 Å². The van der Waals surface area contributed by atoms with Crippen LogP contribution in [0.5, 0.6) is 0 Å². The molecule has 0 aliphatic heterocycles. The number of benzene rings is 5. The molecule has 0 saturated heterocycles. The summed E-state index contributed by atoms with van der Waals surface area (Å²) in [4.78, 5) is 4.66. The molecule has 0 N–H and O–H groups in total. The molecule has 0 spiro atoms. The normalized spacial score (nSPS) is 14.8. The van der Waals surface area contributed by atoms with Crippen LogP contribution in [0.15, 0.2) is 126 Å². The van der Waals surface area contributed by atoms with E-state index in [1.54, 1.807) is 0 Å². The summed E-state index contributed by atoms with van der Waals surface area (Å²) in [6.07, 6.45) is 2.76. The maximum absolute atomic E-state index is 6.70. The fourth-order valence-corrected chi connectivity index (χ4v) is 6.96. The van der Waals surface area contributed by atoms with Crippen molar-refractivity contribution in [3.63, 3.8) is 0 Å². The molecule has 0 amide bonds. The number of pyridine rings is 1. The fraction of sp³-hybridized carbons (Fsp3) is 0.0541. The number of furan rings is 1. The molecule has 2 heterocycles. The molecule has 9 rings (SSSR count). The largest absolute Gasteiger partial charge is 0.460 e. The van der Waals surface area contributed by atoms with Gasteiger partial charge in [0.1, 0.15) is 11.3 Å². The summed E-state index contributed by atoms with van der Waals surface area (Å²) < 4.78 is 6.70. The van der Waals surface area contributed by atoms with Crippen LogP contribution in [0, 0.1) is 0 Å². The minimum absolute atomic E-state index is 0.358. The molecular weight excluding hydrogens is 474 g/mol. The van der Waals surface area contributed by atoms with Crippen molar-refractivity contribution in [1.29, 1.82) is 0 Å². The van der Waals surface area contributed by atoms with Crippen LogP contribution in [0.3, 0.4) is 0 Å². The summed E-state index contributed by atoms with van der Waals surface area (Å²) in [6.45, 7) is 0. The highest BCUT2D eigenvalue weighted by Crippen LogP contribution is 2.55. The molecule has 1 unspecified atom stereocenters. The van der Waals surface area contributed by atoms with Crippen molar-refractivity contribution in [1.82, 2.24) is 4.98 Å². The van der Waals surface area contributed by atoms with E-state index < -0.39 is 0 Å². The third-order valence-electron chi connectivity index (χ3n) is 8.64. The Kier molecular flexibility index (Phi) is 4.20. The smallest absolute Gasteiger partial charge is 0.135 e. The summed E-state index contributed by atoms with van der Waals surface area (Å²) in [5.41, 5.74) is 14.9. The van der Waals surface area contributed by atoms with Crippen LogP contribution in [-0.2, 0) is 6.42 Å². The van der Waals surface area contributed by atoms with Crippen LogP contribution in [0.25, 0.3) is 66.4 Å². The van der Waals surface area contributed by atoms with Crippen LogP contribution < -0.4 is 0 Å². The predicted molar refractivity (Wildman–Crippen MR) is 159 cm³/mol. The summed E-state index contributed by atoms with van der Waals surface area (Å²) in [7, 11) is 0. The maximum Gasteiger partial charge on any atom is 0.135 e. The van der Waals surface area contributed by atoms with Gasteiger partial charge in [0.15, 0.2) is 0 Å². The first-order valence-corrected chi connectivity index (χ1v) is 13.6. The van der Waals surface area contributed by atoms with Crippen molar-refractivity contribution >= 4 is 21.9 Å². The molecule has 2 aliphatic rings. The SMILES string of the molecule is c1ccc(-c2cc3cccnc3cc2-c2ccc3c4c(oc3c2)CC2c3ccccc3-c3cccc-4c32)cc1. The van der Waals surface area contributed by atoms with E-state index in [0.717, 1.165) is 34.2 Å². The van der Waals surface area contributed by atoms with Crippen molar-refractivity contribution in [2.45, 2.75) is 12.3 Å². The second-order valence-electron chi connectivity index (χ2n) is 10.7. The second-order valence-corrected chi connectivity index (χ2v) is 10.7. The van der Waals surface area contributed by atoms with E-state index in [1.807, 2.05) is 12.3 Å². The van der Waals surface area contributed by atoms with Crippen molar-refractivity contribution in [2.24, 2.45) is 0 Å². The molecule has 0 radical (unpaired) electrons. The van der Waals surface area contributed by atoms with Gasteiger partial charge in [0.25, 0.3) is 0 Å². The fourth-order valence-electron chi connectivity index (χ4n) is 6.96. The summed E-state index contributed by atoms with van der Waals surface area (Å²) >= 11 is 0. The van der Waals surface area contributed by atoms with Crippen LogP contribution in [0.4, 0.5) is 0 Å². The van der Waals surface area contributed by atoms with Crippen molar-refractivity contribution in [2.75, 3.05) is 0 Å². The minimum atomic E-state index is 0.358. The molecule has 2 nitrogen and oxygen atoms in total. The lowest BCUT2D eigenvalue weighted by atomic mass is 9.80. The quantitative estimate of drug-likeness (QED) is 0.238. The zero-order valence-corrected chi connectivity index (χ0v) is 21.2. The summed E-state index contributed by atoms with van der Waals surface area (Å²) in [5.74, 6) is 1.45.